The van der Waals surface area contributed by atoms with Gasteiger partial charge in [0.15, 0.2) is 0 Å². The monoisotopic (exact) mass is 196 g/mol. The Kier molecular flexibility index (Phi) is 4.33. The van der Waals surface area contributed by atoms with Crippen molar-refractivity contribution in [3.8, 4) is 0 Å². The van der Waals surface area contributed by atoms with Gasteiger partial charge in [-0.25, -0.2) is 0 Å². The summed E-state index contributed by atoms with van der Waals surface area (Å²) < 4.78 is 0. The molecule has 0 fully saturated rings. The summed E-state index contributed by atoms with van der Waals surface area (Å²) in [6.45, 7) is 4.12. The van der Waals surface area contributed by atoms with Gasteiger partial charge in [-0.15, -0.1) is 11.8 Å². The largest absolute Gasteiger partial charge is 0.388 e. The van der Waals surface area contributed by atoms with Gasteiger partial charge in [0.25, 0.3) is 0 Å². The molecule has 1 atom stereocenters. The minimum absolute atomic E-state index is 0.305. The van der Waals surface area contributed by atoms with Gasteiger partial charge in [0.2, 0.25) is 0 Å². The molecule has 0 saturated heterocycles. The third-order valence-corrected chi connectivity index (χ3v) is 2.86. The molecule has 0 unspecified atom stereocenters. The van der Waals surface area contributed by atoms with Gasteiger partial charge in [0.1, 0.15) is 0 Å². The molecule has 72 valence electrons. The van der Waals surface area contributed by atoms with E-state index >= 15 is 0 Å². The highest BCUT2D eigenvalue weighted by Crippen LogP contribution is 2.21. The summed E-state index contributed by atoms with van der Waals surface area (Å²) in [4.78, 5) is 1.27. The van der Waals surface area contributed by atoms with Gasteiger partial charge >= 0.3 is 0 Å². The van der Waals surface area contributed by atoms with Gasteiger partial charge < -0.3 is 5.11 Å². The summed E-state index contributed by atoms with van der Waals surface area (Å²) in [6, 6.07) is 8.16. The molecule has 0 aliphatic carbocycles. The van der Waals surface area contributed by atoms with Crippen LogP contribution in [-0.2, 0) is 0 Å². The van der Waals surface area contributed by atoms with E-state index < -0.39 is 0 Å². The number of hydrogen-bond donors (Lipinski definition) is 1. The molecule has 0 radical (unpaired) electrons. The van der Waals surface area contributed by atoms with E-state index in [9.17, 15) is 5.11 Å². The molecular formula is C11H16OS. The molecular weight excluding hydrogens is 180 g/mol. The van der Waals surface area contributed by atoms with E-state index in [0.29, 0.717) is 0 Å². The van der Waals surface area contributed by atoms with Crippen LogP contribution in [0, 0.1) is 0 Å². The number of aliphatic hydroxyl groups excluding tert-OH is 1. The molecule has 1 aromatic carbocycles. The lowest BCUT2D eigenvalue weighted by atomic mass is 10.1. The summed E-state index contributed by atoms with van der Waals surface area (Å²) in [5.74, 6) is 1.09. The standard InChI is InChI=1S/C11H16OS/c1-3-11(12)9-5-7-10(8-6-9)13-4-2/h5-8,11-12H,3-4H2,1-2H3/t11-/m0/s1. The van der Waals surface area contributed by atoms with Crippen LogP contribution in [0.3, 0.4) is 0 Å². The maximum absolute atomic E-state index is 9.54. The Bertz CT molecular complexity index is 243. The Morgan fingerprint density at radius 1 is 1.23 bits per heavy atom. The van der Waals surface area contributed by atoms with Crippen LogP contribution in [0.15, 0.2) is 29.2 Å². The smallest absolute Gasteiger partial charge is 0.0787 e. The minimum atomic E-state index is -0.305. The third kappa shape index (κ3) is 3.05. The number of thioether (sulfide) groups is 1. The van der Waals surface area contributed by atoms with E-state index in [0.717, 1.165) is 17.7 Å². The van der Waals surface area contributed by atoms with Crippen LogP contribution < -0.4 is 0 Å². The molecule has 0 saturated carbocycles. The van der Waals surface area contributed by atoms with Crippen molar-refractivity contribution in [2.24, 2.45) is 0 Å². The quantitative estimate of drug-likeness (QED) is 0.746. The van der Waals surface area contributed by atoms with E-state index in [1.807, 2.05) is 30.8 Å². The normalized spacial score (nSPS) is 12.8. The highest BCUT2D eigenvalue weighted by atomic mass is 32.2. The van der Waals surface area contributed by atoms with Gasteiger partial charge in [-0.3, -0.25) is 0 Å². The van der Waals surface area contributed by atoms with Gasteiger partial charge in [-0.1, -0.05) is 26.0 Å². The maximum Gasteiger partial charge on any atom is 0.0787 e. The van der Waals surface area contributed by atoms with Crippen LogP contribution in [0.2, 0.25) is 0 Å². The highest BCUT2D eigenvalue weighted by molar-refractivity contribution is 7.99. The number of rotatable bonds is 4. The minimum Gasteiger partial charge on any atom is -0.388 e. The molecule has 2 heteroatoms. The molecule has 13 heavy (non-hydrogen) atoms. The van der Waals surface area contributed by atoms with Crippen molar-refractivity contribution in [2.75, 3.05) is 5.75 Å². The summed E-state index contributed by atoms with van der Waals surface area (Å²) in [7, 11) is 0. The van der Waals surface area contributed by atoms with Gasteiger partial charge in [0.05, 0.1) is 6.10 Å². The zero-order valence-corrected chi connectivity index (χ0v) is 8.97. The summed E-state index contributed by atoms with van der Waals surface area (Å²) in [5.41, 5.74) is 1.02. The molecule has 1 rings (SSSR count). The van der Waals surface area contributed by atoms with Gasteiger partial charge in [-0.05, 0) is 29.9 Å². The first-order valence-corrected chi connectivity index (χ1v) is 5.67. The average molecular weight is 196 g/mol. The molecule has 1 aromatic rings. The molecule has 0 heterocycles. The average Bonchev–Trinajstić information content (AvgIpc) is 2.18. The Morgan fingerprint density at radius 3 is 2.31 bits per heavy atom. The predicted octanol–water partition coefficient (Wildman–Crippen LogP) is 3.24. The number of benzene rings is 1. The lowest BCUT2D eigenvalue weighted by Gasteiger charge is -2.08. The predicted molar refractivity (Wildman–Crippen MR) is 58.1 cm³/mol. The molecule has 0 aliphatic rings. The lowest BCUT2D eigenvalue weighted by molar-refractivity contribution is 0.173. The van der Waals surface area contributed by atoms with Crippen molar-refractivity contribution >= 4 is 11.8 Å². The van der Waals surface area contributed by atoms with E-state index in [4.69, 9.17) is 0 Å². The number of aliphatic hydroxyl groups is 1. The molecule has 0 bridgehead atoms. The Labute approximate surface area is 84.2 Å². The summed E-state index contributed by atoms with van der Waals surface area (Å²) in [5, 5.41) is 9.54. The third-order valence-electron chi connectivity index (χ3n) is 1.96. The highest BCUT2D eigenvalue weighted by Gasteiger charge is 2.03. The van der Waals surface area contributed by atoms with Crippen molar-refractivity contribution in [2.45, 2.75) is 31.3 Å². The van der Waals surface area contributed by atoms with Crippen LogP contribution in [-0.4, -0.2) is 10.9 Å². The molecule has 0 amide bonds. The van der Waals surface area contributed by atoms with Gasteiger partial charge in [-0.2, -0.15) is 0 Å². The second kappa shape index (κ2) is 5.30. The fourth-order valence-electron chi connectivity index (χ4n) is 1.19. The topological polar surface area (TPSA) is 20.2 Å². The van der Waals surface area contributed by atoms with Crippen molar-refractivity contribution in [3.63, 3.8) is 0 Å². The fraction of sp³-hybridized carbons (Fsp3) is 0.455. The van der Waals surface area contributed by atoms with E-state index in [1.54, 1.807) is 0 Å². The molecule has 0 aromatic heterocycles. The SMILES string of the molecule is CCSc1ccc([C@@H](O)CC)cc1. The Balaban J connectivity index is 2.69. The van der Waals surface area contributed by atoms with Crippen molar-refractivity contribution in [1.82, 2.24) is 0 Å². The van der Waals surface area contributed by atoms with Crippen molar-refractivity contribution in [1.29, 1.82) is 0 Å². The van der Waals surface area contributed by atoms with Crippen molar-refractivity contribution < 1.29 is 5.11 Å². The zero-order valence-electron chi connectivity index (χ0n) is 8.16. The molecule has 1 nitrogen and oxygen atoms in total. The molecule has 0 spiro atoms. The zero-order chi connectivity index (χ0) is 9.68. The number of hydrogen-bond acceptors (Lipinski definition) is 2. The summed E-state index contributed by atoms with van der Waals surface area (Å²) >= 11 is 1.82. The van der Waals surface area contributed by atoms with E-state index in [-0.39, 0.29) is 6.10 Å². The first-order valence-electron chi connectivity index (χ1n) is 4.68. The van der Waals surface area contributed by atoms with E-state index in [2.05, 4.69) is 19.1 Å². The first kappa shape index (κ1) is 10.6. The van der Waals surface area contributed by atoms with Crippen LogP contribution in [0.5, 0.6) is 0 Å². The van der Waals surface area contributed by atoms with Crippen LogP contribution in [0.4, 0.5) is 0 Å². The second-order valence-corrected chi connectivity index (χ2v) is 4.26. The van der Waals surface area contributed by atoms with Crippen LogP contribution in [0.1, 0.15) is 31.9 Å². The Morgan fingerprint density at radius 2 is 1.85 bits per heavy atom. The van der Waals surface area contributed by atoms with Crippen LogP contribution in [0.25, 0.3) is 0 Å². The van der Waals surface area contributed by atoms with Crippen LogP contribution >= 0.6 is 11.8 Å². The summed E-state index contributed by atoms with van der Waals surface area (Å²) in [6.07, 6.45) is 0.473. The first-order chi connectivity index (χ1) is 6.27. The maximum atomic E-state index is 9.54. The fourth-order valence-corrected chi connectivity index (χ4v) is 1.85. The lowest BCUT2D eigenvalue weighted by Crippen LogP contribution is -1.93. The van der Waals surface area contributed by atoms with Crippen molar-refractivity contribution in [3.05, 3.63) is 29.8 Å². The molecule has 1 N–H and O–H groups in total. The second-order valence-electron chi connectivity index (χ2n) is 2.93. The molecule has 0 aliphatic heterocycles. The van der Waals surface area contributed by atoms with E-state index in [1.165, 1.54) is 4.90 Å². The van der Waals surface area contributed by atoms with Gasteiger partial charge in [0, 0.05) is 4.90 Å². The Hall–Kier alpha value is -0.470.